The second-order valence-corrected chi connectivity index (χ2v) is 10.0. The van der Waals surface area contributed by atoms with E-state index in [4.69, 9.17) is 0 Å². The van der Waals surface area contributed by atoms with Crippen LogP contribution in [0, 0.1) is 6.92 Å². The highest BCUT2D eigenvalue weighted by atomic mass is 32.1. The molecular weight excluding hydrogens is 426 g/mol. The van der Waals surface area contributed by atoms with Gasteiger partial charge < -0.3 is 10.3 Å². The van der Waals surface area contributed by atoms with Gasteiger partial charge in [0, 0.05) is 22.6 Å². The number of aryl methyl sites for hydroxylation is 4. The zero-order chi connectivity index (χ0) is 21.4. The average Bonchev–Trinajstić information content (AvgIpc) is 3.48. The summed E-state index contributed by atoms with van der Waals surface area (Å²) >= 11 is 3.25. The average molecular weight is 450 g/mol. The highest BCUT2D eigenvalue weighted by molar-refractivity contribution is 7.18. The van der Waals surface area contributed by atoms with Crippen LogP contribution in [0.15, 0.2) is 46.6 Å². The van der Waals surface area contributed by atoms with E-state index in [1.54, 1.807) is 22.7 Å². The summed E-state index contributed by atoms with van der Waals surface area (Å²) in [6, 6.07) is 12.1. The summed E-state index contributed by atoms with van der Waals surface area (Å²) in [5.41, 5.74) is 3.35. The van der Waals surface area contributed by atoms with Crippen molar-refractivity contribution < 1.29 is 4.79 Å². The SMILES string of the molecule is Cc1ccc([C@@H](NC(=O)CCc2nc3sc4c(c3c(=O)[nH]2)CCC4)c2cccs2)cc1. The number of benzene rings is 1. The van der Waals surface area contributed by atoms with E-state index in [1.165, 1.54) is 16.0 Å². The van der Waals surface area contributed by atoms with Crippen LogP contribution in [-0.2, 0) is 24.1 Å². The number of H-pyrrole nitrogens is 1. The van der Waals surface area contributed by atoms with Crippen LogP contribution in [0.5, 0.6) is 0 Å². The number of thiophene rings is 2. The molecule has 0 spiro atoms. The molecule has 1 aliphatic carbocycles. The van der Waals surface area contributed by atoms with Gasteiger partial charge in [0.1, 0.15) is 10.7 Å². The zero-order valence-corrected chi connectivity index (χ0v) is 18.9. The van der Waals surface area contributed by atoms with Gasteiger partial charge in [0.25, 0.3) is 5.56 Å². The fraction of sp³-hybridized carbons (Fsp3) is 0.292. The van der Waals surface area contributed by atoms with Gasteiger partial charge in [-0.05, 0) is 48.8 Å². The van der Waals surface area contributed by atoms with E-state index in [9.17, 15) is 9.59 Å². The maximum Gasteiger partial charge on any atom is 0.259 e. The fourth-order valence-electron chi connectivity index (χ4n) is 4.16. The maximum atomic E-state index is 12.8. The molecule has 1 amide bonds. The summed E-state index contributed by atoms with van der Waals surface area (Å²) in [7, 11) is 0. The van der Waals surface area contributed by atoms with Crippen molar-refractivity contribution in [1.82, 2.24) is 15.3 Å². The summed E-state index contributed by atoms with van der Waals surface area (Å²) in [6.07, 6.45) is 3.80. The normalized spacial score (nSPS) is 14.0. The Labute approximate surface area is 188 Å². The Morgan fingerprint density at radius 1 is 1.23 bits per heavy atom. The van der Waals surface area contributed by atoms with Gasteiger partial charge in [0.2, 0.25) is 5.91 Å². The van der Waals surface area contributed by atoms with Crippen molar-refractivity contribution >= 4 is 38.8 Å². The van der Waals surface area contributed by atoms with E-state index in [-0.39, 0.29) is 23.9 Å². The Morgan fingerprint density at radius 3 is 2.84 bits per heavy atom. The molecule has 1 atom stereocenters. The number of carbonyl (C=O) groups is 1. The first-order chi connectivity index (χ1) is 15.1. The summed E-state index contributed by atoms with van der Waals surface area (Å²) in [5, 5.41) is 5.93. The van der Waals surface area contributed by atoms with Gasteiger partial charge in [0.05, 0.1) is 11.4 Å². The molecule has 1 aromatic carbocycles. The van der Waals surface area contributed by atoms with Crippen molar-refractivity contribution in [3.8, 4) is 0 Å². The van der Waals surface area contributed by atoms with E-state index in [2.05, 4.69) is 46.5 Å². The Hall–Kier alpha value is -2.77. The number of hydrogen-bond donors (Lipinski definition) is 2. The molecule has 4 aromatic rings. The topological polar surface area (TPSA) is 74.8 Å². The lowest BCUT2D eigenvalue weighted by Gasteiger charge is -2.18. The largest absolute Gasteiger partial charge is 0.344 e. The molecule has 0 aliphatic heterocycles. The summed E-state index contributed by atoms with van der Waals surface area (Å²) < 4.78 is 0. The first-order valence-electron chi connectivity index (χ1n) is 10.5. The van der Waals surface area contributed by atoms with Gasteiger partial charge in [-0.25, -0.2) is 4.98 Å². The van der Waals surface area contributed by atoms with Crippen molar-refractivity contribution in [1.29, 1.82) is 0 Å². The number of hydrogen-bond acceptors (Lipinski definition) is 5. The summed E-state index contributed by atoms with van der Waals surface area (Å²) in [6.45, 7) is 2.05. The lowest BCUT2D eigenvalue weighted by molar-refractivity contribution is -0.121. The van der Waals surface area contributed by atoms with Crippen molar-refractivity contribution in [2.75, 3.05) is 0 Å². The van der Waals surface area contributed by atoms with Crippen LogP contribution in [-0.4, -0.2) is 15.9 Å². The molecule has 3 heterocycles. The van der Waals surface area contributed by atoms with E-state index in [0.717, 1.165) is 39.9 Å². The number of aromatic nitrogens is 2. The highest BCUT2D eigenvalue weighted by Crippen LogP contribution is 2.34. The molecule has 2 N–H and O–H groups in total. The minimum absolute atomic E-state index is 0.0598. The number of rotatable bonds is 6. The highest BCUT2D eigenvalue weighted by Gasteiger charge is 2.22. The predicted octanol–water partition coefficient (Wildman–Crippen LogP) is 4.68. The lowest BCUT2D eigenvalue weighted by atomic mass is 10.0. The second-order valence-electron chi connectivity index (χ2n) is 7.98. The van der Waals surface area contributed by atoms with Gasteiger partial charge >= 0.3 is 0 Å². The van der Waals surface area contributed by atoms with E-state index < -0.39 is 0 Å². The zero-order valence-electron chi connectivity index (χ0n) is 17.2. The van der Waals surface area contributed by atoms with Crippen molar-refractivity contribution in [2.45, 2.75) is 45.1 Å². The van der Waals surface area contributed by atoms with Crippen LogP contribution in [0.25, 0.3) is 10.2 Å². The van der Waals surface area contributed by atoms with E-state index >= 15 is 0 Å². The number of aromatic amines is 1. The molecule has 1 aliphatic rings. The smallest absolute Gasteiger partial charge is 0.259 e. The molecule has 31 heavy (non-hydrogen) atoms. The van der Waals surface area contributed by atoms with Crippen LogP contribution >= 0.6 is 22.7 Å². The second kappa shape index (κ2) is 8.40. The first-order valence-corrected chi connectivity index (χ1v) is 12.2. The molecular formula is C24H23N3O2S2. The maximum absolute atomic E-state index is 12.8. The minimum Gasteiger partial charge on any atom is -0.344 e. The number of amides is 1. The van der Waals surface area contributed by atoms with Crippen LogP contribution < -0.4 is 10.9 Å². The standard InChI is InChI=1S/C24H23N3O2S2/c1-14-7-9-15(10-8-14)22(18-6-3-13-30-18)27-20(28)12-11-19-25-23(29)21-16-4-2-5-17(16)31-24(21)26-19/h3,6-10,13,22H,2,4-5,11-12H2,1H3,(H,27,28)(H,25,26,29)/t22-/m1/s1. The van der Waals surface area contributed by atoms with E-state index in [1.807, 2.05) is 17.5 Å². The fourth-order valence-corrected chi connectivity index (χ4v) is 6.25. The minimum atomic E-state index is -0.178. The molecule has 7 heteroatoms. The molecule has 0 bridgehead atoms. The van der Waals surface area contributed by atoms with Crippen LogP contribution in [0.4, 0.5) is 0 Å². The van der Waals surface area contributed by atoms with Gasteiger partial charge in [0.15, 0.2) is 0 Å². The van der Waals surface area contributed by atoms with Gasteiger partial charge in [-0.2, -0.15) is 0 Å². The van der Waals surface area contributed by atoms with Crippen molar-refractivity contribution in [3.05, 3.63) is 84.4 Å². The lowest BCUT2D eigenvalue weighted by Crippen LogP contribution is -2.29. The molecule has 0 saturated heterocycles. The number of nitrogens with one attached hydrogen (secondary N) is 2. The molecule has 5 nitrogen and oxygen atoms in total. The summed E-state index contributed by atoms with van der Waals surface area (Å²) in [4.78, 5) is 36.2. The van der Waals surface area contributed by atoms with Gasteiger partial charge in [-0.15, -0.1) is 22.7 Å². The molecule has 5 rings (SSSR count). The Morgan fingerprint density at radius 2 is 2.06 bits per heavy atom. The number of carbonyl (C=O) groups excluding carboxylic acids is 1. The quantitative estimate of drug-likeness (QED) is 0.449. The Balaban J connectivity index is 1.31. The first kappa shape index (κ1) is 20.2. The Bertz CT molecular complexity index is 1290. The molecule has 3 aromatic heterocycles. The molecule has 0 fully saturated rings. The number of fused-ring (bicyclic) bond motifs is 3. The van der Waals surface area contributed by atoms with Crippen LogP contribution in [0.3, 0.4) is 0 Å². The van der Waals surface area contributed by atoms with Crippen LogP contribution in [0.2, 0.25) is 0 Å². The monoisotopic (exact) mass is 449 g/mol. The Kier molecular flexibility index (Phi) is 5.46. The molecule has 0 radical (unpaired) electrons. The third-order valence-corrected chi connectivity index (χ3v) is 7.88. The number of nitrogens with zero attached hydrogens (tertiary/aromatic N) is 1. The predicted molar refractivity (Wildman–Crippen MR) is 126 cm³/mol. The van der Waals surface area contributed by atoms with E-state index in [0.29, 0.717) is 12.2 Å². The molecule has 0 saturated carbocycles. The third-order valence-electron chi connectivity index (χ3n) is 5.76. The van der Waals surface area contributed by atoms with Gasteiger partial charge in [-0.3, -0.25) is 9.59 Å². The van der Waals surface area contributed by atoms with Crippen molar-refractivity contribution in [2.24, 2.45) is 0 Å². The molecule has 158 valence electrons. The molecule has 0 unspecified atom stereocenters. The summed E-state index contributed by atoms with van der Waals surface area (Å²) in [5.74, 6) is 0.519. The van der Waals surface area contributed by atoms with Gasteiger partial charge in [-0.1, -0.05) is 35.9 Å². The third kappa shape index (κ3) is 4.07. The van der Waals surface area contributed by atoms with Crippen LogP contribution in [0.1, 0.15) is 51.2 Å². The van der Waals surface area contributed by atoms with Crippen molar-refractivity contribution in [3.63, 3.8) is 0 Å².